The van der Waals surface area contributed by atoms with Gasteiger partial charge in [0.05, 0.1) is 6.04 Å². The van der Waals surface area contributed by atoms with Gasteiger partial charge in [-0.2, -0.15) is 0 Å². The molecule has 3 rings (SSSR count). The van der Waals surface area contributed by atoms with Crippen LogP contribution in [0.25, 0.3) is 11.0 Å². The van der Waals surface area contributed by atoms with E-state index >= 15 is 0 Å². The van der Waals surface area contributed by atoms with Crippen molar-refractivity contribution in [1.29, 1.82) is 0 Å². The van der Waals surface area contributed by atoms with Gasteiger partial charge in [-0.1, -0.05) is 18.2 Å². The van der Waals surface area contributed by atoms with E-state index in [-0.39, 0.29) is 6.04 Å². The molecule has 2 heterocycles. The monoisotopic (exact) mass is 273 g/mol. The quantitative estimate of drug-likeness (QED) is 0.922. The SMILES string of the molecule is CNC(CN1CCN(C)CC1)c1cc2ccccc2o1. The molecule has 1 N–H and O–H groups in total. The Morgan fingerprint density at radius 2 is 1.95 bits per heavy atom. The molecule has 1 fully saturated rings. The molecule has 1 atom stereocenters. The van der Waals surface area contributed by atoms with Gasteiger partial charge in [0.2, 0.25) is 0 Å². The van der Waals surface area contributed by atoms with Gasteiger partial charge in [-0.3, -0.25) is 4.90 Å². The standard InChI is InChI=1S/C16H23N3O/c1-17-14(12-19-9-7-18(2)8-10-19)16-11-13-5-3-4-6-15(13)20-16/h3-6,11,14,17H,7-10,12H2,1-2H3. The van der Waals surface area contributed by atoms with Crippen molar-refractivity contribution in [3.63, 3.8) is 0 Å². The topological polar surface area (TPSA) is 31.6 Å². The molecule has 0 spiro atoms. The van der Waals surface area contributed by atoms with Crippen molar-refractivity contribution in [2.75, 3.05) is 46.8 Å². The molecule has 0 bridgehead atoms. The van der Waals surface area contributed by atoms with E-state index in [4.69, 9.17) is 4.42 Å². The minimum atomic E-state index is 0.255. The summed E-state index contributed by atoms with van der Waals surface area (Å²) in [6.45, 7) is 5.57. The molecule has 4 nitrogen and oxygen atoms in total. The number of nitrogens with one attached hydrogen (secondary N) is 1. The fraction of sp³-hybridized carbons (Fsp3) is 0.500. The fourth-order valence-corrected chi connectivity index (χ4v) is 2.79. The van der Waals surface area contributed by atoms with E-state index in [1.807, 2.05) is 19.2 Å². The highest BCUT2D eigenvalue weighted by Gasteiger charge is 2.20. The Kier molecular flexibility index (Phi) is 4.05. The lowest BCUT2D eigenvalue weighted by molar-refractivity contribution is 0.140. The van der Waals surface area contributed by atoms with Gasteiger partial charge in [0, 0.05) is 38.1 Å². The third-order valence-corrected chi connectivity index (χ3v) is 4.17. The molecule has 1 aliphatic heterocycles. The van der Waals surface area contributed by atoms with Crippen LogP contribution in [0.3, 0.4) is 0 Å². The van der Waals surface area contributed by atoms with Crippen molar-refractivity contribution < 1.29 is 4.42 Å². The van der Waals surface area contributed by atoms with E-state index in [1.165, 1.54) is 5.39 Å². The van der Waals surface area contributed by atoms with Crippen LogP contribution in [-0.2, 0) is 0 Å². The number of nitrogens with zero attached hydrogens (tertiary/aromatic N) is 2. The van der Waals surface area contributed by atoms with E-state index in [2.05, 4.69) is 40.4 Å². The molecule has 1 aliphatic rings. The zero-order valence-corrected chi connectivity index (χ0v) is 12.3. The van der Waals surface area contributed by atoms with E-state index in [9.17, 15) is 0 Å². The van der Waals surface area contributed by atoms with Gasteiger partial charge in [-0.15, -0.1) is 0 Å². The molecule has 0 aliphatic carbocycles. The molecular formula is C16H23N3O. The number of hydrogen-bond acceptors (Lipinski definition) is 4. The van der Waals surface area contributed by atoms with Crippen LogP contribution in [0.15, 0.2) is 34.7 Å². The Balaban J connectivity index is 1.72. The summed E-state index contributed by atoms with van der Waals surface area (Å²) in [5.74, 6) is 1.03. The van der Waals surface area contributed by atoms with Crippen LogP contribution < -0.4 is 5.32 Å². The maximum atomic E-state index is 5.98. The minimum Gasteiger partial charge on any atom is -0.459 e. The van der Waals surface area contributed by atoms with Gasteiger partial charge in [-0.05, 0) is 26.2 Å². The highest BCUT2D eigenvalue weighted by molar-refractivity contribution is 5.77. The summed E-state index contributed by atoms with van der Waals surface area (Å²) < 4.78 is 5.98. The maximum absolute atomic E-state index is 5.98. The van der Waals surface area contributed by atoms with Crippen LogP contribution in [0.4, 0.5) is 0 Å². The Labute approximate surface area is 120 Å². The summed E-state index contributed by atoms with van der Waals surface area (Å²) >= 11 is 0. The molecular weight excluding hydrogens is 250 g/mol. The average Bonchev–Trinajstić information content (AvgIpc) is 2.90. The number of likely N-dealkylation sites (N-methyl/N-ethyl adjacent to an activating group) is 2. The Morgan fingerprint density at radius 1 is 1.20 bits per heavy atom. The predicted octanol–water partition coefficient (Wildman–Crippen LogP) is 1.94. The lowest BCUT2D eigenvalue weighted by Crippen LogP contribution is -2.46. The maximum Gasteiger partial charge on any atom is 0.134 e. The first-order valence-corrected chi connectivity index (χ1v) is 7.33. The summed E-state index contributed by atoms with van der Waals surface area (Å²) in [6.07, 6.45) is 0. The molecule has 1 aromatic carbocycles. The predicted molar refractivity (Wildman–Crippen MR) is 82.0 cm³/mol. The van der Waals surface area contributed by atoms with Crippen LogP contribution >= 0.6 is 0 Å². The molecule has 1 saturated heterocycles. The molecule has 0 saturated carbocycles. The first-order chi connectivity index (χ1) is 9.76. The van der Waals surface area contributed by atoms with Crippen molar-refractivity contribution in [3.8, 4) is 0 Å². The molecule has 1 aromatic heterocycles. The largest absolute Gasteiger partial charge is 0.459 e. The van der Waals surface area contributed by atoms with Gasteiger partial charge >= 0.3 is 0 Å². The van der Waals surface area contributed by atoms with E-state index < -0.39 is 0 Å². The van der Waals surface area contributed by atoms with E-state index in [0.29, 0.717) is 0 Å². The van der Waals surface area contributed by atoms with Crippen molar-refractivity contribution in [1.82, 2.24) is 15.1 Å². The molecule has 0 radical (unpaired) electrons. The molecule has 2 aromatic rings. The molecule has 1 unspecified atom stereocenters. The van der Waals surface area contributed by atoms with Gasteiger partial charge in [0.25, 0.3) is 0 Å². The van der Waals surface area contributed by atoms with Crippen LogP contribution in [0, 0.1) is 0 Å². The average molecular weight is 273 g/mol. The Morgan fingerprint density at radius 3 is 2.65 bits per heavy atom. The van der Waals surface area contributed by atoms with Crippen molar-refractivity contribution in [2.45, 2.75) is 6.04 Å². The van der Waals surface area contributed by atoms with Crippen LogP contribution in [0.5, 0.6) is 0 Å². The third kappa shape index (κ3) is 2.87. The van der Waals surface area contributed by atoms with Gasteiger partial charge < -0.3 is 14.6 Å². The summed E-state index contributed by atoms with van der Waals surface area (Å²) in [5, 5.41) is 4.57. The first kappa shape index (κ1) is 13.6. The lowest BCUT2D eigenvalue weighted by Gasteiger charge is -2.34. The second-order valence-corrected chi connectivity index (χ2v) is 5.63. The number of rotatable bonds is 4. The van der Waals surface area contributed by atoms with Crippen LogP contribution in [-0.4, -0.2) is 56.6 Å². The number of benzene rings is 1. The number of furan rings is 1. The molecule has 0 amide bonds. The number of fused-ring (bicyclic) bond motifs is 1. The zero-order chi connectivity index (χ0) is 13.9. The van der Waals surface area contributed by atoms with E-state index in [0.717, 1.165) is 44.1 Å². The van der Waals surface area contributed by atoms with Crippen LogP contribution in [0.1, 0.15) is 11.8 Å². The summed E-state index contributed by atoms with van der Waals surface area (Å²) in [4.78, 5) is 4.89. The lowest BCUT2D eigenvalue weighted by atomic mass is 10.1. The smallest absolute Gasteiger partial charge is 0.134 e. The van der Waals surface area contributed by atoms with Gasteiger partial charge in [-0.25, -0.2) is 0 Å². The second kappa shape index (κ2) is 5.95. The normalized spacial score (nSPS) is 19.5. The van der Waals surface area contributed by atoms with E-state index in [1.54, 1.807) is 0 Å². The first-order valence-electron chi connectivity index (χ1n) is 7.33. The Hall–Kier alpha value is -1.36. The zero-order valence-electron chi connectivity index (χ0n) is 12.3. The highest BCUT2D eigenvalue weighted by atomic mass is 16.3. The Bertz CT molecular complexity index is 525. The number of piperazine rings is 1. The van der Waals surface area contributed by atoms with Crippen molar-refractivity contribution >= 4 is 11.0 Å². The second-order valence-electron chi connectivity index (χ2n) is 5.63. The number of para-hydroxylation sites is 1. The molecule has 20 heavy (non-hydrogen) atoms. The van der Waals surface area contributed by atoms with Crippen LogP contribution in [0.2, 0.25) is 0 Å². The fourth-order valence-electron chi connectivity index (χ4n) is 2.79. The van der Waals surface area contributed by atoms with Gasteiger partial charge in [0.1, 0.15) is 11.3 Å². The van der Waals surface area contributed by atoms with Crippen molar-refractivity contribution in [2.24, 2.45) is 0 Å². The highest BCUT2D eigenvalue weighted by Crippen LogP contribution is 2.24. The minimum absolute atomic E-state index is 0.255. The summed E-state index contributed by atoms with van der Waals surface area (Å²) in [5.41, 5.74) is 0.973. The summed E-state index contributed by atoms with van der Waals surface area (Å²) in [6, 6.07) is 10.6. The number of hydrogen-bond donors (Lipinski definition) is 1. The summed E-state index contributed by atoms with van der Waals surface area (Å²) in [7, 11) is 4.19. The molecule has 4 heteroatoms. The van der Waals surface area contributed by atoms with Gasteiger partial charge in [0.15, 0.2) is 0 Å². The van der Waals surface area contributed by atoms with Crippen molar-refractivity contribution in [3.05, 3.63) is 36.1 Å². The third-order valence-electron chi connectivity index (χ3n) is 4.17. The molecule has 108 valence electrons.